The van der Waals surface area contributed by atoms with Gasteiger partial charge in [-0.25, -0.2) is 4.79 Å². The van der Waals surface area contributed by atoms with Gasteiger partial charge in [-0.15, -0.1) is 0 Å². The number of piperidine rings is 2. The summed E-state index contributed by atoms with van der Waals surface area (Å²) in [5, 5.41) is 3.00. The molecule has 0 aromatic carbocycles. The highest BCUT2D eigenvalue weighted by atomic mass is 16.5. The molecular weight excluding hydrogens is 294 g/mol. The summed E-state index contributed by atoms with van der Waals surface area (Å²) in [7, 11) is 1.45. The topological polar surface area (TPSA) is 61.9 Å². The summed E-state index contributed by atoms with van der Waals surface area (Å²) in [6.07, 6.45) is 6.20. The molecule has 6 nitrogen and oxygen atoms in total. The molecule has 1 aliphatic carbocycles. The maximum Gasteiger partial charge on any atom is 0.409 e. The van der Waals surface area contributed by atoms with Gasteiger partial charge in [0.1, 0.15) is 0 Å². The lowest BCUT2D eigenvalue weighted by molar-refractivity contribution is -0.119. The number of rotatable bonds is 1. The lowest BCUT2D eigenvalue weighted by atomic mass is 9.77. The molecule has 6 heteroatoms. The van der Waals surface area contributed by atoms with Crippen LogP contribution in [0.2, 0.25) is 0 Å². The van der Waals surface area contributed by atoms with E-state index in [2.05, 4.69) is 16.3 Å². The van der Waals surface area contributed by atoms with E-state index >= 15 is 0 Å². The molecule has 2 amide bonds. The highest BCUT2D eigenvalue weighted by Crippen LogP contribution is 2.43. The zero-order valence-electron chi connectivity index (χ0n) is 13.7. The molecule has 4 aliphatic rings. The van der Waals surface area contributed by atoms with E-state index in [1.54, 1.807) is 0 Å². The molecule has 2 bridgehead atoms. The van der Waals surface area contributed by atoms with Gasteiger partial charge in [-0.05, 0) is 30.6 Å². The monoisotopic (exact) mass is 319 g/mol. The summed E-state index contributed by atoms with van der Waals surface area (Å²) in [4.78, 5) is 27.7. The lowest BCUT2D eigenvalue weighted by Gasteiger charge is -2.42. The van der Waals surface area contributed by atoms with Crippen LogP contribution in [0.4, 0.5) is 4.79 Å². The summed E-state index contributed by atoms with van der Waals surface area (Å²) < 4.78 is 4.88. The van der Waals surface area contributed by atoms with Crippen molar-refractivity contribution in [1.82, 2.24) is 15.1 Å². The number of fused-ring (bicyclic) bond motifs is 2. The van der Waals surface area contributed by atoms with Crippen LogP contribution in [0.1, 0.15) is 25.7 Å². The summed E-state index contributed by atoms with van der Waals surface area (Å²) in [6.45, 7) is 4.46. The minimum Gasteiger partial charge on any atom is -0.453 e. The first-order chi connectivity index (χ1) is 11.1. The number of carbonyl (C=O) groups is 2. The standard InChI is InChI=1S/C17H25N3O3/c1-23-16(22)20-9-12-6-13(10-20)14(7-12)19-4-2-17(3-5-19)8-15(21)18-11-17/h7,12-13H,2-6,8-11H2,1H3,(H,18,21). The fourth-order valence-electron chi connectivity index (χ4n) is 4.84. The van der Waals surface area contributed by atoms with Crippen LogP contribution >= 0.6 is 0 Å². The Morgan fingerprint density at radius 3 is 2.78 bits per heavy atom. The summed E-state index contributed by atoms with van der Waals surface area (Å²) in [5.74, 6) is 1.13. The van der Waals surface area contributed by atoms with E-state index in [0.29, 0.717) is 18.3 Å². The molecule has 1 spiro atoms. The van der Waals surface area contributed by atoms with Gasteiger partial charge in [0.05, 0.1) is 7.11 Å². The largest absolute Gasteiger partial charge is 0.453 e. The smallest absolute Gasteiger partial charge is 0.409 e. The Kier molecular flexibility index (Phi) is 3.50. The van der Waals surface area contributed by atoms with Crippen molar-refractivity contribution in [3.63, 3.8) is 0 Å². The van der Waals surface area contributed by atoms with Crippen LogP contribution in [0, 0.1) is 17.3 Å². The number of hydrogen-bond donors (Lipinski definition) is 1. The number of ether oxygens (including phenoxy) is 1. The Morgan fingerprint density at radius 2 is 2.13 bits per heavy atom. The third kappa shape index (κ3) is 2.58. The first-order valence-corrected chi connectivity index (χ1v) is 8.65. The minimum atomic E-state index is -0.206. The van der Waals surface area contributed by atoms with Crippen molar-refractivity contribution in [3.8, 4) is 0 Å². The van der Waals surface area contributed by atoms with Gasteiger partial charge in [0, 0.05) is 50.8 Å². The number of carbonyl (C=O) groups excluding carboxylic acids is 2. The highest BCUT2D eigenvalue weighted by molar-refractivity contribution is 5.79. The molecule has 0 saturated carbocycles. The van der Waals surface area contributed by atoms with Crippen molar-refractivity contribution in [2.45, 2.75) is 25.7 Å². The quantitative estimate of drug-likeness (QED) is 0.789. The second-order valence-electron chi connectivity index (χ2n) is 7.60. The first kappa shape index (κ1) is 14.8. The molecule has 2 unspecified atom stereocenters. The Labute approximate surface area is 136 Å². The lowest BCUT2D eigenvalue weighted by Crippen LogP contribution is -2.44. The van der Waals surface area contributed by atoms with Gasteiger partial charge in [-0.2, -0.15) is 0 Å². The Bertz CT molecular complexity index is 551. The van der Waals surface area contributed by atoms with E-state index in [1.807, 2.05) is 4.90 Å². The zero-order valence-corrected chi connectivity index (χ0v) is 13.7. The number of methoxy groups -OCH3 is 1. The third-order valence-electron chi connectivity index (χ3n) is 6.13. The van der Waals surface area contributed by atoms with Crippen molar-refractivity contribution in [2.75, 3.05) is 39.8 Å². The van der Waals surface area contributed by atoms with Crippen molar-refractivity contribution in [2.24, 2.45) is 17.3 Å². The molecule has 126 valence electrons. The predicted molar refractivity (Wildman–Crippen MR) is 84.5 cm³/mol. The first-order valence-electron chi connectivity index (χ1n) is 8.65. The van der Waals surface area contributed by atoms with E-state index < -0.39 is 0 Å². The molecule has 3 aliphatic heterocycles. The highest BCUT2D eigenvalue weighted by Gasteiger charge is 2.44. The summed E-state index contributed by atoms with van der Waals surface area (Å²) in [6, 6.07) is 0. The second-order valence-corrected chi connectivity index (χ2v) is 7.60. The van der Waals surface area contributed by atoms with E-state index in [4.69, 9.17) is 4.74 Å². The maximum atomic E-state index is 11.8. The van der Waals surface area contributed by atoms with Crippen molar-refractivity contribution in [1.29, 1.82) is 0 Å². The van der Waals surface area contributed by atoms with Crippen molar-refractivity contribution in [3.05, 3.63) is 11.8 Å². The predicted octanol–water partition coefficient (Wildman–Crippen LogP) is 1.19. The van der Waals surface area contributed by atoms with Crippen LogP contribution in [-0.4, -0.2) is 61.6 Å². The number of likely N-dealkylation sites (tertiary alicyclic amines) is 2. The van der Waals surface area contributed by atoms with Gasteiger partial charge in [0.2, 0.25) is 5.91 Å². The van der Waals surface area contributed by atoms with Gasteiger partial charge in [-0.1, -0.05) is 6.08 Å². The molecule has 2 atom stereocenters. The number of hydrogen-bond acceptors (Lipinski definition) is 4. The van der Waals surface area contributed by atoms with E-state index in [-0.39, 0.29) is 17.4 Å². The number of nitrogens with zero attached hydrogens (tertiary/aromatic N) is 2. The average molecular weight is 319 g/mol. The van der Waals surface area contributed by atoms with E-state index in [9.17, 15) is 9.59 Å². The van der Waals surface area contributed by atoms with Gasteiger partial charge < -0.3 is 19.9 Å². The zero-order chi connectivity index (χ0) is 16.0. The van der Waals surface area contributed by atoms with Gasteiger partial charge >= 0.3 is 6.09 Å². The average Bonchev–Trinajstić information content (AvgIpc) is 3.07. The molecule has 3 fully saturated rings. The Balaban J connectivity index is 1.40. The SMILES string of the molecule is COC(=O)N1CC2C=C(N3CCC4(CC3)CNC(=O)C4)C(C2)C1. The Morgan fingerprint density at radius 1 is 1.35 bits per heavy atom. The summed E-state index contributed by atoms with van der Waals surface area (Å²) in [5.41, 5.74) is 1.62. The molecule has 0 radical (unpaired) electrons. The molecule has 0 aromatic rings. The molecular formula is C17H25N3O3. The van der Waals surface area contributed by atoms with Gasteiger partial charge in [-0.3, -0.25) is 4.79 Å². The van der Waals surface area contributed by atoms with E-state index in [1.165, 1.54) is 12.8 Å². The maximum absolute atomic E-state index is 11.8. The molecule has 4 rings (SSSR count). The molecule has 3 heterocycles. The van der Waals surface area contributed by atoms with Gasteiger partial charge in [0.25, 0.3) is 0 Å². The van der Waals surface area contributed by atoms with E-state index in [0.717, 1.165) is 52.0 Å². The van der Waals surface area contributed by atoms with Crippen LogP contribution in [0.3, 0.4) is 0 Å². The fourth-order valence-corrected chi connectivity index (χ4v) is 4.84. The van der Waals surface area contributed by atoms with Crippen LogP contribution in [0.25, 0.3) is 0 Å². The van der Waals surface area contributed by atoms with Crippen LogP contribution in [-0.2, 0) is 9.53 Å². The minimum absolute atomic E-state index is 0.194. The van der Waals surface area contributed by atoms with Crippen LogP contribution < -0.4 is 5.32 Å². The molecule has 23 heavy (non-hydrogen) atoms. The number of amides is 2. The van der Waals surface area contributed by atoms with Crippen molar-refractivity contribution < 1.29 is 14.3 Å². The fraction of sp³-hybridized carbons (Fsp3) is 0.765. The third-order valence-corrected chi connectivity index (χ3v) is 6.13. The molecule has 0 aromatic heterocycles. The van der Waals surface area contributed by atoms with Crippen LogP contribution in [0.15, 0.2) is 11.8 Å². The normalized spacial score (nSPS) is 32.0. The summed E-state index contributed by atoms with van der Waals surface area (Å²) >= 11 is 0. The van der Waals surface area contributed by atoms with Crippen LogP contribution in [0.5, 0.6) is 0 Å². The number of nitrogens with one attached hydrogen (secondary N) is 1. The van der Waals surface area contributed by atoms with Gasteiger partial charge in [0.15, 0.2) is 0 Å². The second kappa shape index (κ2) is 5.42. The molecule has 3 saturated heterocycles. The molecule has 1 N–H and O–H groups in total. The Hall–Kier alpha value is -1.72. The van der Waals surface area contributed by atoms with Crippen molar-refractivity contribution >= 4 is 12.0 Å².